The predicted molar refractivity (Wildman–Crippen MR) is 64.7 cm³/mol. The zero-order chi connectivity index (χ0) is 10.5. The third kappa shape index (κ3) is 1.54. The summed E-state index contributed by atoms with van der Waals surface area (Å²) in [5.41, 5.74) is 2.58. The number of para-hydroxylation sites is 1. The van der Waals surface area contributed by atoms with Crippen molar-refractivity contribution in [3.8, 4) is 0 Å². The fourth-order valence-corrected chi connectivity index (χ4v) is 2.71. The van der Waals surface area contributed by atoms with E-state index >= 15 is 0 Å². The van der Waals surface area contributed by atoms with Crippen LogP contribution in [0.2, 0.25) is 0 Å². The maximum Gasteiger partial charge on any atom is 0.136 e. The van der Waals surface area contributed by atoms with Crippen LogP contribution in [0.4, 0.5) is 0 Å². The first-order valence-electron chi connectivity index (χ1n) is 5.11. The van der Waals surface area contributed by atoms with Crippen LogP contribution in [0.5, 0.6) is 0 Å². The molecule has 0 unspecified atom stereocenters. The van der Waals surface area contributed by atoms with Gasteiger partial charge in [0, 0.05) is 11.2 Å². The molecule has 1 nitrogen and oxygen atoms in total. The Morgan fingerprint density at radius 1 is 1.20 bits per heavy atom. The van der Waals surface area contributed by atoms with Gasteiger partial charge in [-0.25, -0.2) is 0 Å². The largest absolute Gasteiger partial charge is 0.342 e. The second-order valence-electron chi connectivity index (χ2n) is 4.14. The van der Waals surface area contributed by atoms with Crippen LogP contribution in [0, 0.1) is 0 Å². The minimum Gasteiger partial charge on any atom is -0.342 e. The fourth-order valence-electron chi connectivity index (χ4n) is 2.28. The number of fused-ring (bicyclic) bond motifs is 3. The highest BCUT2D eigenvalue weighted by Crippen LogP contribution is 2.36. The summed E-state index contributed by atoms with van der Waals surface area (Å²) in [7, 11) is 0. The van der Waals surface area contributed by atoms with Gasteiger partial charge in [-0.3, -0.25) is 0 Å². The van der Waals surface area contributed by atoms with Crippen LogP contribution in [0.15, 0.2) is 30.3 Å². The number of nitrogens with zero attached hydrogens (tertiary/aromatic N) is 1. The molecule has 15 heavy (non-hydrogen) atoms. The van der Waals surface area contributed by atoms with Crippen LogP contribution in [0.25, 0.3) is 10.9 Å². The number of aryl methyl sites for hydroxylation is 1. The topological polar surface area (TPSA) is 4.93 Å². The van der Waals surface area contributed by atoms with Crippen molar-refractivity contribution in [1.82, 2.24) is 4.57 Å². The molecule has 0 N–H and O–H groups in total. The van der Waals surface area contributed by atoms with E-state index in [-0.39, 0.29) is 0 Å². The molecule has 1 aliphatic heterocycles. The highest BCUT2D eigenvalue weighted by Gasteiger charge is 2.30. The number of aromatic nitrogens is 1. The molecular formula is C12H11Cl2N. The van der Waals surface area contributed by atoms with Gasteiger partial charge in [0.15, 0.2) is 0 Å². The monoisotopic (exact) mass is 239 g/mol. The lowest BCUT2D eigenvalue weighted by Gasteiger charge is -2.27. The molecule has 1 aromatic carbocycles. The van der Waals surface area contributed by atoms with Crippen LogP contribution in [0.1, 0.15) is 12.1 Å². The molecule has 3 heteroatoms. The maximum atomic E-state index is 6.20. The average Bonchev–Trinajstić information content (AvgIpc) is 2.55. The maximum absolute atomic E-state index is 6.20. The van der Waals surface area contributed by atoms with E-state index in [1.54, 1.807) is 0 Å². The van der Waals surface area contributed by atoms with Crippen molar-refractivity contribution >= 4 is 34.1 Å². The highest BCUT2D eigenvalue weighted by atomic mass is 35.5. The first kappa shape index (κ1) is 9.56. The molecule has 2 aromatic rings. The van der Waals surface area contributed by atoms with Gasteiger partial charge in [-0.2, -0.15) is 0 Å². The molecule has 0 bridgehead atoms. The Kier molecular flexibility index (Phi) is 2.02. The quantitative estimate of drug-likeness (QED) is 0.618. The van der Waals surface area contributed by atoms with E-state index in [1.165, 1.54) is 16.6 Å². The number of benzene rings is 1. The number of hydrogen-bond acceptors (Lipinski definition) is 0. The van der Waals surface area contributed by atoms with Crippen molar-refractivity contribution in [2.24, 2.45) is 0 Å². The molecule has 0 radical (unpaired) electrons. The summed E-state index contributed by atoms with van der Waals surface area (Å²) in [6.45, 7) is 0.693. The molecular weight excluding hydrogens is 229 g/mol. The highest BCUT2D eigenvalue weighted by molar-refractivity contribution is 6.48. The van der Waals surface area contributed by atoms with Gasteiger partial charge < -0.3 is 4.57 Å². The zero-order valence-electron chi connectivity index (χ0n) is 8.21. The fraction of sp³-hybridized carbons (Fsp3) is 0.333. The lowest BCUT2D eigenvalue weighted by atomic mass is 10.1. The number of rotatable bonds is 0. The third-order valence-corrected chi connectivity index (χ3v) is 3.65. The van der Waals surface area contributed by atoms with Crippen molar-refractivity contribution in [2.45, 2.75) is 23.7 Å². The lowest BCUT2D eigenvalue weighted by Crippen LogP contribution is -2.28. The minimum absolute atomic E-state index is 0.602. The molecule has 1 aromatic heterocycles. The number of halogens is 2. The third-order valence-electron chi connectivity index (χ3n) is 3.03. The molecule has 1 aliphatic rings. The van der Waals surface area contributed by atoms with Crippen molar-refractivity contribution < 1.29 is 0 Å². The van der Waals surface area contributed by atoms with E-state index in [9.17, 15) is 0 Å². The summed E-state index contributed by atoms with van der Waals surface area (Å²) in [4.78, 5) is 0. The Morgan fingerprint density at radius 2 is 2.00 bits per heavy atom. The molecule has 3 rings (SSSR count). The molecule has 0 fully saturated rings. The van der Waals surface area contributed by atoms with E-state index in [1.807, 2.05) is 6.07 Å². The first-order valence-corrected chi connectivity index (χ1v) is 5.86. The molecule has 0 saturated carbocycles. The van der Waals surface area contributed by atoms with Crippen molar-refractivity contribution in [3.63, 3.8) is 0 Å². The van der Waals surface area contributed by atoms with Crippen LogP contribution < -0.4 is 0 Å². The van der Waals surface area contributed by atoms with Gasteiger partial charge in [-0.1, -0.05) is 41.4 Å². The van der Waals surface area contributed by atoms with E-state index in [0.717, 1.165) is 12.8 Å². The van der Waals surface area contributed by atoms with Gasteiger partial charge in [0.05, 0.1) is 6.54 Å². The second kappa shape index (κ2) is 3.16. The molecule has 0 amide bonds. The van der Waals surface area contributed by atoms with Gasteiger partial charge in [-0.05, 0) is 30.4 Å². The van der Waals surface area contributed by atoms with Crippen molar-refractivity contribution in [2.75, 3.05) is 0 Å². The summed E-state index contributed by atoms with van der Waals surface area (Å²) in [5.74, 6) is 0. The summed E-state index contributed by atoms with van der Waals surface area (Å²) in [6, 6.07) is 10.6. The summed E-state index contributed by atoms with van der Waals surface area (Å²) in [5, 5.41) is 1.28. The van der Waals surface area contributed by atoms with Crippen molar-refractivity contribution in [3.05, 3.63) is 36.0 Å². The van der Waals surface area contributed by atoms with Gasteiger partial charge >= 0.3 is 0 Å². The van der Waals surface area contributed by atoms with Crippen LogP contribution in [-0.2, 0) is 13.0 Å². The van der Waals surface area contributed by atoms with E-state index in [0.29, 0.717) is 6.54 Å². The Bertz CT molecular complexity index is 513. The Hall–Kier alpha value is -0.660. The molecule has 0 spiro atoms. The summed E-state index contributed by atoms with van der Waals surface area (Å²) < 4.78 is 1.63. The smallest absolute Gasteiger partial charge is 0.136 e. The normalized spacial score (nSPS) is 19.1. The van der Waals surface area contributed by atoms with Crippen LogP contribution in [0.3, 0.4) is 0 Å². The van der Waals surface area contributed by atoms with E-state index in [4.69, 9.17) is 23.2 Å². The van der Waals surface area contributed by atoms with Crippen LogP contribution in [-0.4, -0.2) is 8.90 Å². The molecule has 2 heterocycles. The van der Waals surface area contributed by atoms with E-state index in [2.05, 4.69) is 28.8 Å². The molecule has 78 valence electrons. The summed E-state index contributed by atoms with van der Waals surface area (Å²) >= 11 is 12.4. The second-order valence-corrected chi connectivity index (χ2v) is 5.78. The molecule has 0 saturated heterocycles. The summed E-state index contributed by atoms with van der Waals surface area (Å²) in [6.07, 6.45) is 1.80. The van der Waals surface area contributed by atoms with Gasteiger partial charge in [0.25, 0.3) is 0 Å². The number of alkyl halides is 2. The predicted octanol–water partition coefficient (Wildman–Crippen LogP) is 3.76. The molecule has 0 atom stereocenters. The Balaban J connectivity index is 2.22. The SMILES string of the molecule is ClC1(Cl)CCc2cc3ccccc3n2C1. The average molecular weight is 240 g/mol. The Morgan fingerprint density at radius 3 is 2.87 bits per heavy atom. The van der Waals surface area contributed by atoms with Crippen LogP contribution >= 0.6 is 23.2 Å². The number of hydrogen-bond donors (Lipinski definition) is 0. The minimum atomic E-state index is -0.602. The van der Waals surface area contributed by atoms with Gasteiger partial charge in [0.1, 0.15) is 4.33 Å². The van der Waals surface area contributed by atoms with Crippen molar-refractivity contribution in [1.29, 1.82) is 0 Å². The zero-order valence-corrected chi connectivity index (χ0v) is 9.72. The van der Waals surface area contributed by atoms with Gasteiger partial charge in [-0.15, -0.1) is 0 Å². The molecule has 0 aliphatic carbocycles. The standard InChI is InChI=1S/C12H11Cl2N/c13-12(14)6-5-10-7-9-3-1-2-4-11(9)15(10)8-12/h1-4,7H,5-6,8H2. The van der Waals surface area contributed by atoms with E-state index < -0.39 is 4.33 Å². The Labute approximate surface area is 98.6 Å². The van der Waals surface area contributed by atoms with Gasteiger partial charge in [0.2, 0.25) is 0 Å². The lowest BCUT2D eigenvalue weighted by molar-refractivity contribution is 0.514. The first-order chi connectivity index (χ1) is 7.16.